The third-order valence-electron chi connectivity index (χ3n) is 2.69. The molecule has 0 aliphatic heterocycles. The average molecular weight is 275 g/mol. The van der Waals surface area contributed by atoms with Gasteiger partial charge in [0.2, 0.25) is 0 Å². The molecule has 0 amide bonds. The first-order valence-electron chi connectivity index (χ1n) is 6.94. The molecule has 0 heterocycles. The second-order valence-corrected chi connectivity index (χ2v) is 7.64. The minimum absolute atomic E-state index is 0.294. The van der Waals surface area contributed by atoms with Crippen LogP contribution in [0.4, 0.5) is 0 Å². The maximum Gasteiger partial charge on any atom is 0.150 e. The molecule has 0 fully saturated rings. The van der Waals surface area contributed by atoms with E-state index >= 15 is 0 Å². The van der Waals surface area contributed by atoms with Gasteiger partial charge in [-0.25, -0.2) is 8.42 Å². The predicted octanol–water partition coefficient (Wildman–Crippen LogP) is 2.78. The second kappa shape index (κ2) is 9.56. The van der Waals surface area contributed by atoms with E-state index in [0.29, 0.717) is 30.3 Å². The summed E-state index contributed by atoms with van der Waals surface area (Å²) in [6, 6.07) is 0. The van der Waals surface area contributed by atoms with Crippen LogP contribution in [-0.2, 0) is 9.84 Å². The quantitative estimate of drug-likeness (QED) is 0.492. The first kappa shape index (κ1) is 17.6. The summed E-state index contributed by atoms with van der Waals surface area (Å²) in [6.07, 6.45) is 4.51. The molecular formula is C14H29NO2S. The molecule has 18 heavy (non-hydrogen) atoms. The summed E-state index contributed by atoms with van der Waals surface area (Å²) in [5.74, 6) is 1.29. The van der Waals surface area contributed by atoms with Gasteiger partial charge in [-0.2, -0.15) is 0 Å². The van der Waals surface area contributed by atoms with E-state index in [1.807, 2.05) is 13.8 Å². The highest BCUT2D eigenvalue weighted by atomic mass is 32.2. The summed E-state index contributed by atoms with van der Waals surface area (Å²) in [5.41, 5.74) is 1.18. The minimum atomic E-state index is -2.83. The van der Waals surface area contributed by atoms with Crippen LogP contribution in [0.3, 0.4) is 0 Å². The molecule has 0 saturated carbocycles. The highest BCUT2D eigenvalue weighted by Gasteiger charge is 2.08. The smallest absolute Gasteiger partial charge is 0.150 e. The summed E-state index contributed by atoms with van der Waals surface area (Å²) in [4.78, 5) is 0. The molecular weight excluding hydrogens is 246 g/mol. The Balaban J connectivity index is 3.78. The van der Waals surface area contributed by atoms with Crippen LogP contribution in [0.5, 0.6) is 0 Å². The van der Waals surface area contributed by atoms with E-state index in [4.69, 9.17) is 0 Å². The Morgan fingerprint density at radius 1 is 1.28 bits per heavy atom. The summed E-state index contributed by atoms with van der Waals surface area (Å²) < 4.78 is 23.1. The normalized spacial score (nSPS) is 13.3. The van der Waals surface area contributed by atoms with Crippen molar-refractivity contribution in [1.82, 2.24) is 5.32 Å². The van der Waals surface area contributed by atoms with Crippen LogP contribution in [0, 0.1) is 5.92 Å². The van der Waals surface area contributed by atoms with Gasteiger partial charge >= 0.3 is 0 Å². The molecule has 0 saturated heterocycles. The molecule has 0 radical (unpaired) electrons. The maximum atomic E-state index is 11.5. The van der Waals surface area contributed by atoms with Crippen molar-refractivity contribution in [3.8, 4) is 0 Å². The maximum absolute atomic E-state index is 11.5. The van der Waals surface area contributed by atoms with Crippen molar-refractivity contribution in [3.63, 3.8) is 0 Å². The van der Waals surface area contributed by atoms with Crippen LogP contribution in [0.15, 0.2) is 11.6 Å². The number of sulfone groups is 1. The number of hydrogen-bond acceptors (Lipinski definition) is 3. The van der Waals surface area contributed by atoms with Crippen molar-refractivity contribution in [3.05, 3.63) is 11.6 Å². The summed E-state index contributed by atoms with van der Waals surface area (Å²) in [6.45, 7) is 10.3. The van der Waals surface area contributed by atoms with Gasteiger partial charge in [0.15, 0.2) is 9.84 Å². The van der Waals surface area contributed by atoms with E-state index in [1.165, 1.54) is 5.57 Å². The molecule has 0 aliphatic rings. The topological polar surface area (TPSA) is 46.2 Å². The van der Waals surface area contributed by atoms with Crippen molar-refractivity contribution in [2.45, 2.75) is 47.0 Å². The van der Waals surface area contributed by atoms with Gasteiger partial charge in [-0.05, 0) is 45.2 Å². The Morgan fingerprint density at radius 3 is 2.50 bits per heavy atom. The van der Waals surface area contributed by atoms with E-state index in [-0.39, 0.29) is 0 Å². The molecule has 3 nitrogen and oxygen atoms in total. The third-order valence-corrected chi connectivity index (χ3v) is 4.55. The molecule has 0 aromatic rings. The molecule has 0 spiro atoms. The van der Waals surface area contributed by atoms with Crippen LogP contribution in [0.25, 0.3) is 0 Å². The number of nitrogens with one attached hydrogen (secondary N) is 1. The Morgan fingerprint density at radius 2 is 1.94 bits per heavy atom. The lowest BCUT2D eigenvalue weighted by molar-refractivity contribution is 0.556. The summed E-state index contributed by atoms with van der Waals surface area (Å²) in [7, 11) is -2.83. The molecule has 1 N–H and O–H groups in total. The van der Waals surface area contributed by atoms with Gasteiger partial charge in [-0.1, -0.05) is 32.4 Å². The highest BCUT2D eigenvalue weighted by molar-refractivity contribution is 7.91. The van der Waals surface area contributed by atoms with Crippen molar-refractivity contribution >= 4 is 9.84 Å². The fraction of sp³-hybridized carbons (Fsp3) is 0.857. The van der Waals surface area contributed by atoms with Crippen LogP contribution < -0.4 is 5.32 Å². The highest BCUT2D eigenvalue weighted by Crippen LogP contribution is 2.05. The zero-order valence-corrected chi connectivity index (χ0v) is 13.1. The summed E-state index contributed by atoms with van der Waals surface area (Å²) >= 11 is 0. The van der Waals surface area contributed by atoms with Gasteiger partial charge in [0.05, 0.1) is 5.75 Å². The van der Waals surface area contributed by atoms with Crippen molar-refractivity contribution in [2.24, 2.45) is 5.92 Å². The SMILES string of the molecule is CCCS(=O)(=O)CCC(C)=CCCNCC(C)C. The number of rotatable bonds is 10. The lowest BCUT2D eigenvalue weighted by atomic mass is 10.2. The second-order valence-electron chi connectivity index (χ2n) is 5.34. The molecule has 0 rings (SSSR count). The standard InChI is InChI=1S/C14H29NO2S/c1-5-10-18(16,17)11-8-14(4)7-6-9-15-12-13(2)3/h7,13,15H,5-6,8-12H2,1-4H3. The van der Waals surface area contributed by atoms with Crippen molar-refractivity contribution < 1.29 is 8.42 Å². The Labute approximate surface area is 113 Å². The van der Waals surface area contributed by atoms with E-state index < -0.39 is 9.84 Å². The molecule has 0 atom stereocenters. The average Bonchev–Trinajstić information content (AvgIpc) is 2.25. The third kappa shape index (κ3) is 10.8. The molecule has 108 valence electrons. The fourth-order valence-electron chi connectivity index (χ4n) is 1.64. The number of allylic oxidation sites excluding steroid dienone is 1. The first-order chi connectivity index (χ1) is 8.37. The van der Waals surface area contributed by atoms with E-state index in [9.17, 15) is 8.42 Å². The molecule has 0 aromatic carbocycles. The van der Waals surface area contributed by atoms with Crippen molar-refractivity contribution in [2.75, 3.05) is 24.6 Å². The first-order valence-corrected chi connectivity index (χ1v) is 8.76. The monoisotopic (exact) mass is 275 g/mol. The van der Waals surface area contributed by atoms with E-state index in [2.05, 4.69) is 25.2 Å². The zero-order valence-electron chi connectivity index (χ0n) is 12.3. The van der Waals surface area contributed by atoms with E-state index in [0.717, 1.165) is 19.5 Å². The lowest BCUT2D eigenvalue weighted by Gasteiger charge is -2.06. The van der Waals surface area contributed by atoms with Crippen molar-refractivity contribution in [1.29, 1.82) is 0 Å². The van der Waals surface area contributed by atoms with Gasteiger partial charge < -0.3 is 5.32 Å². The van der Waals surface area contributed by atoms with Gasteiger partial charge in [-0.3, -0.25) is 0 Å². The lowest BCUT2D eigenvalue weighted by Crippen LogP contribution is -2.20. The molecule has 0 aliphatic carbocycles. The van der Waals surface area contributed by atoms with Gasteiger partial charge in [-0.15, -0.1) is 0 Å². The Bertz CT molecular complexity index is 332. The zero-order chi connectivity index (χ0) is 14.0. The van der Waals surface area contributed by atoms with Gasteiger partial charge in [0.25, 0.3) is 0 Å². The molecule has 0 aromatic heterocycles. The van der Waals surface area contributed by atoms with Crippen LogP contribution in [0.1, 0.15) is 47.0 Å². The van der Waals surface area contributed by atoms with Crippen LogP contribution >= 0.6 is 0 Å². The van der Waals surface area contributed by atoms with E-state index in [1.54, 1.807) is 0 Å². The number of hydrogen-bond donors (Lipinski definition) is 1. The van der Waals surface area contributed by atoms with Crippen LogP contribution in [-0.4, -0.2) is 33.0 Å². The molecule has 0 bridgehead atoms. The Kier molecular flexibility index (Phi) is 9.38. The van der Waals surface area contributed by atoms with Crippen LogP contribution in [0.2, 0.25) is 0 Å². The Hall–Kier alpha value is -0.350. The predicted molar refractivity (Wildman–Crippen MR) is 79.6 cm³/mol. The summed E-state index contributed by atoms with van der Waals surface area (Å²) in [5, 5.41) is 3.37. The largest absolute Gasteiger partial charge is 0.316 e. The minimum Gasteiger partial charge on any atom is -0.316 e. The molecule has 4 heteroatoms. The van der Waals surface area contributed by atoms with Gasteiger partial charge in [0, 0.05) is 5.75 Å². The molecule has 0 unspecified atom stereocenters. The fourth-order valence-corrected chi connectivity index (χ4v) is 3.10. The van der Waals surface area contributed by atoms with Gasteiger partial charge in [0.1, 0.15) is 0 Å².